The van der Waals surface area contributed by atoms with Crippen molar-refractivity contribution in [2.75, 3.05) is 7.11 Å². The van der Waals surface area contributed by atoms with E-state index < -0.39 is 5.76 Å². The maximum absolute atomic E-state index is 10.7. The van der Waals surface area contributed by atoms with Crippen LogP contribution in [0.3, 0.4) is 0 Å². The third kappa shape index (κ3) is 1.47. The number of ether oxygens (including phenoxy) is 1. The van der Waals surface area contributed by atoms with Crippen LogP contribution in [0, 0.1) is 0 Å². The van der Waals surface area contributed by atoms with Crippen LogP contribution < -0.4 is 10.5 Å². The molecular weight excluding hydrogens is 188 g/mol. The number of methoxy groups -OCH3 is 1. The molecule has 7 heteroatoms. The highest BCUT2D eigenvalue weighted by molar-refractivity contribution is 5.48. The second-order valence-electron chi connectivity index (χ2n) is 2.39. The largest absolute Gasteiger partial charge is 0.481 e. The third-order valence-electron chi connectivity index (χ3n) is 1.53. The first-order valence-corrected chi connectivity index (χ1v) is 3.72. The molecule has 0 aromatic carbocycles. The van der Waals surface area contributed by atoms with E-state index in [4.69, 9.17) is 4.74 Å². The number of H-pyrrole nitrogens is 1. The first-order valence-electron chi connectivity index (χ1n) is 3.72. The van der Waals surface area contributed by atoms with Crippen molar-refractivity contribution in [3.8, 4) is 17.4 Å². The zero-order valence-corrected chi connectivity index (χ0v) is 7.22. The summed E-state index contributed by atoms with van der Waals surface area (Å²) in [7, 11) is 1.48. The average Bonchev–Trinajstić information content (AvgIpc) is 2.65. The summed E-state index contributed by atoms with van der Waals surface area (Å²) < 4.78 is 9.21. The molecule has 2 aromatic heterocycles. The summed E-state index contributed by atoms with van der Waals surface area (Å²) >= 11 is 0. The van der Waals surface area contributed by atoms with Crippen LogP contribution in [-0.2, 0) is 0 Å². The minimum atomic E-state index is -0.627. The molecule has 0 bridgehead atoms. The van der Waals surface area contributed by atoms with Gasteiger partial charge in [0.05, 0.1) is 7.11 Å². The number of hydrogen-bond donors (Lipinski definition) is 1. The van der Waals surface area contributed by atoms with Gasteiger partial charge in [0, 0.05) is 6.07 Å². The lowest BCUT2D eigenvalue weighted by atomic mass is 10.4. The maximum atomic E-state index is 10.7. The van der Waals surface area contributed by atoms with Crippen LogP contribution in [0.15, 0.2) is 21.7 Å². The average molecular weight is 194 g/mol. The Kier molecular flexibility index (Phi) is 1.98. The van der Waals surface area contributed by atoms with Gasteiger partial charge in [-0.2, -0.15) is 0 Å². The first kappa shape index (κ1) is 8.42. The lowest BCUT2D eigenvalue weighted by Gasteiger charge is -1.97. The topological polar surface area (TPSA) is 93.9 Å². The highest BCUT2D eigenvalue weighted by Crippen LogP contribution is 2.13. The molecule has 72 valence electrons. The van der Waals surface area contributed by atoms with Crippen LogP contribution >= 0.6 is 0 Å². The van der Waals surface area contributed by atoms with E-state index in [2.05, 4.69) is 24.6 Å². The lowest BCUT2D eigenvalue weighted by Crippen LogP contribution is -1.96. The monoisotopic (exact) mass is 194 g/mol. The van der Waals surface area contributed by atoms with E-state index in [-0.39, 0.29) is 5.82 Å². The maximum Gasteiger partial charge on any atom is 0.439 e. The van der Waals surface area contributed by atoms with Gasteiger partial charge in [0.1, 0.15) is 12.0 Å². The molecule has 1 N–H and O–H groups in total. The van der Waals surface area contributed by atoms with Crippen LogP contribution in [0.4, 0.5) is 0 Å². The summed E-state index contributed by atoms with van der Waals surface area (Å²) in [6.07, 6.45) is 1.31. The molecule has 0 radical (unpaired) electrons. The first-order chi connectivity index (χ1) is 6.79. The van der Waals surface area contributed by atoms with Gasteiger partial charge in [-0.25, -0.2) is 14.8 Å². The molecule has 0 aliphatic rings. The normalized spacial score (nSPS) is 10.1. The minimum Gasteiger partial charge on any atom is -0.481 e. The van der Waals surface area contributed by atoms with E-state index in [9.17, 15) is 4.79 Å². The SMILES string of the molecule is COc1cc(-c2noc(=O)[nH]2)ncn1. The molecule has 7 nitrogen and oxygen atoms in total. The third-order valence-corrected chi connectivity index (χ3v) is 1.53. The highest BCUT2D eigenvalue weighted by atomic mass is 16.5. The molecule has 0 fully saturated rings. The molecule has 0 amide bonds. The molecule has 0 aliphatic heterocycles. The van der Waals surface area contributed by atoms with Gasteiger partial charge < -0.3 is 4.74 Å². The zero-order valence-electron chi connectivity index (χ0n) is 7.22. The van der Waals surface area contributed by atoms with Crippen LogP contribution in [0.1, 0.15) is 0 Å². The standard InChI is InChI=1S/C7H6N4O3/c1-13-5-2-4(8-3-9-5)6-10-7(12)14-11-6/h2-3H,1H3,(H,10,11,12). The van der Waals surface area contributed by atoms with Crippen LogP contribution in [-0.4, -0.2) is 27.2 Å². The van der Waals surface area contributed by atoms with E-state index >= 15 is 0 Å². The molecule has 0 atom stereocenters. The quantitative estimate of drug-likeness (QED) is 0.713. The molecule has 14 heavy (non-hydrogen) atoms. The number of hydrogen-bond acceptors (Lipinski definition) is 6. The van der Waals surface area contributed by atoms with Crippen molar-refractivity contribution >= 4 is 0 Å². The van der Waals surface area contributed by atoms with Crippen LogP contribution in [0.5, 0.6) is 5.88 Å². The molecule has 0 unspecified atom stereocenters. The molecule has 0 saturated carbocycles. The Morgan fingerprint density at radius 3 is 3.00 bits per heavy atom. The van der Waals surface area contributed by atoms with E-state index in [1.165, 1.54) is 19.5 Å². The molecular formula is C7H6N4O3. The fourth-order valence-electron chi connectivity index (χ4n) is 0.921. The minimum absolute atomic E-state index is 0.246. The molecule has 2 rings (SSSR count). The molecule has 0 saturated heterocycles. The van der Waals surface area contributed by atoms with Crippen molar-refractivity contribution in [2.45, 2.75) is 0 Å². The smallest absolute Gasteiger partial charge is 0.439 e. The number of nitrogens with zero attached hydrogens (tertiary/aromatic N) is 3. The predicted molar refractivity (Wildman–Crippen MR) is 44.7 cm³/mol. The van der Waals surface area contributed by atoms with Crippen molar-refractivity contribution in [1.29, 1.82) is 0 Å². The lowest BCUT2D eigenvalue weighted by molar-refractivity contribution is 0.387. The zero-order chi connectivity index (χ0) is 9.97. The fourth-order valence-corrected chi connectivity index (χ4v) is 0.921. The van der Waals surface area contributed by atoms with Gasteiger partial charge in [0.2, 0.25) is 11.7 Å². The molecule has 0 spiro atoms. The Morgan fingerprint density at radius 2 is 2.36 bits per heavy atom. The molecule has 2 aromatic rings. The predicted octanol–water partition coefficient (Wildman–Crippen LogP) is -0.172. The van der Waals surface area contributed by atoms with E-state index in [1.807, 2.05) is 0 Å². The van der Waals surface area contributed by atoms with Gasteiger partial charge in [0.15, 0.2) is 0 Å². The highest BCUT2D eigenvalue weighted by Gasteiger charge is 2.06. The van der Waals surface area contributed by atoms with Crippen LogP contribution in [0.25, 0.3) is 11.5 Å². The van der Waals surface area contributed by atoms with E-state index in [0.717, 1.165) is 0 Å². The molecule has 2 heterocycles. The number of rotatable bonds is 2. The van der Waals surface area contributed by atoms with Gasteiger partial charge in [-0.05, 0) is 0 Å². The number of aromatic nitrogens is 4. The second-order valence-corrected chi connectivity index (χ2v) is 2.39. The Balaban J connectivity index is 2.46. The second kappa shape index (κ2) is 3.29. The summed E-state index contributed by atoms with van der Waals surface area (Å²) in [6.45, 7) is 0. The summed E-state index contributed by atoms with van der Waals surface area (Å²) in [5, 5.41) is 3.47. The summed E-state index contributed by atoms with van der Waals surface area (Å²) in [6, 6.07) is 1.54. The van der Waals surface area contributed by atoms with E-state index in [1.54, 1.807) is 0 Å². The molecule has 0 aliphatic carbocycles. The van der Waals surface area contributed by atoms with E-state index in [0.29, 0.717) is 11.6 Å². The Hall–Kier alpha value is -2.18. The summed E-state index contributed by atoms with van der Waals surface area (Å²) in [4.78, 5) is 20.7. The summed E-state index contributed by atoms with van der Waals surface area (Å²) in [5.41, 5.74) is 0.433. The number of aromatic amines is 1. The Labute approximate surface area is 77.8 Å². The Bertz CT molecular complexity index is 489. The van der Waals surface area contributed by atoms with Crippen molar-refractivity contribution in [3.63, 3.8) is 0 Å². The number of nitrogens with one attached hydrogen (secondary N) is 1. The van der Waals surface area contributed by atoms with Crippen molar-refractivity contribution in [1.82, 2.24) is 20.1 Å². The fraction of sp³-hybridized carbons (Fsp3) is 0.143. The van der Waals surface area contributed by atoms with Crippen molar-refractivity contribution in [3.05, 3.63) is 22.9 Å². The summed E-state index contributed by atoms with van der Waals surface area (Å²) in [5.74, 6) is 0.00660. The van der Waals surface area contributed by atoms with Gasteiger partial charge in [0.25, 0.3) is 0 Å². The van der Waals surface area contributed by atoms with Gasteiger partial charge >= 0.3 is 5.76 Å². The van der Waals surface area contributed by atoms with Gasteiger partial charge in [-0.1, -0.05) is 5.16 Å². The van der Waals surface area contributed by atoms with Crippen molar-refractivity contribution < 1.29 is 9.26 Å². The Morgan fingerprint density at radius 1 is 1.50 bits per heavy atom. The van der Waals surface area contributed by atoms with Gasteiger partial charge in [-0.15, -0.1) is 0 Å². The van der Waals surface area contributed by atoms with Gasteiger partial charge in [-0.3, -0.25) is 9.51 Å². The van der Waals surface area contributed by atoms with Crippen LogP contribution in [0.2, 0.25) is 0 Å². The van der Waals surface area contributed by atoms with Crippen molar-refractivity contribution in [2.24, 2.45) is 0 Å².